The molecule has 1 aromatic heterocycles. The minimum absolute atomic E-state index is 0.0205. The van der Waals surface area contributed by atoms with Crippen molar-refractivity contribution in [3.63, 3.8) is 0 Å². The number of rotatable bonds is 3. The third kappa shape index (κ3) is 2.52. The number of nitrogens with zero attached hydrogens (tertiary/aromatic N) is 1. The Bertz CT molecular complexity index is 412. The highest BCUT2D eigenvalue weighted by atomic mass is 79.9. The maximum Gasteiger partial charge on any atom is 0.342 e. The quantitative estimate of drug-likeness (QED) is 0.805. The van der Waals surface area contributed by atoms with Gasteiger partial charge in [-0.1, -0.05) is 0 Å². The van der Waals surface area contributed by atoms with Crippen LogP contribution in [0.3, 0.4) is 0 Å². The number of halogens is 4. The molecule has 0 atom stereocenters. The summed E-state index contributed by atoms with van der Waals surface area (Å²) in [5.41, 5.74) is -1.63. The first-order valence-corrected chi connectivity index (χ1v) is 5.07. The molecule has 1 rings (SSSR count). The number of alkyl halides is 2. The molecule has 0 bridgehead atoms. The zero-order valence-corrected chi connectivity index (χ0v) is 9.72. The van der Waals surface area contributed by atoms with Crippen LogP contribution in [0.25, 0.3) is 0 Å². The minimum Gasteiger partial charge on any atom is -0.462 e. The first kappa shape index (κ1) is 13.0. The van der Waals surface area contributed by atoms with Gasteiger partial charge >= 0.3 is 5.97 Å². The van der Waals surface area contributed by atoms with Crippen LogP contribution in [0.5, 0.6) is 0 Å². The maximum absolute atomic E-state index is 13.5. The van der Waals surface area contributed by atoms with E-state index in [1.165, 1.54) is 6.92 Å². The zero-order chi connectivity index (χ0) is 12.3. The van der Waals surface area contributed by atoms with Crippen LogP contribution in [0.15, 0.2) is 10.7 Å². The van der Waals surface area contributed by atoms with E-state index >= 15 is 0 Å². The van der Waals surface area contributed by atoms with Gasteiger partial charge in [-0.25, -0.2) is 18.0 Å². The van der Waals surface area contributed by atoms with Gasteiger partial charge in [0.25, 0.3) is 6.43 Å². The standard InChI is InChI=1S/C9H7BrF3NO2/c1-2-16-9(15)5-4(10)3-14-7(6(5)11)8(12)13/h3,8H,2H2,1H3. The Balaban J connectivity index is 3.26. The highest BCUT2D eigenvalue weighted by Crippen LogP contribution is 2.27. The van der Waals surface area contributed by atoms with Gasteiger partial charge in [0.05, 0.1) is 11.1 Å². The van der Waals surface area contributed by atoms with Crippen molar-refractivity contribution in [3.05, 3.63) is 27.7 Å². The predicted octanol–water partition coefficient (Wildman–Crippen LogP) is 3.10. The average molecular weight is 298 g/mol. The lowest BCUT2D eigenvalue weighted by molar-refractivity contribution is 0.0518. The monoisotopic (exact) mass is 297 g/mol. The number of hydrogen-bond acceptors (Lipinski definition) is 3. The maximum atomic E-state index is 13.5. The molecule has 0 fully saturated rings. The summed E-state index contributed by atoms with van der Waals surface area (Å²) >= 11 is 2.85. The van der Waals surface area contributed by atoms with Crippen molar-refractivity contribution in [2.75, 3.05) is 6.61 Å². The van der Waals surface area contributed by atoms with Crippen molar-refractivity contribution in [2.45, 2.75) is 13.3 Å². The molecule has 0 aromatic carbocycles. The molecule has 0 aliphatic carbocycles. The van der Waals surface area contributed by atoms with E-state index in [-0.39, 0.29) is 11.1 Å². The molecule has 0 radical (unpaired) electrons. The number of aromatic nitrogens is 1. The van der Waals surface area contributed by atoms with E-state index < -0.39 is 29.5 Å². The summed E-state index contributed by atoms with van der Waals surface area (Å²) in [5, 5.41) is 0. The van der Waals surface area contributed by atoms with E-state index in [4.69, 9.17) is 0 Å². The van der Waals surface area contributed by atoms with E-state index in [1.54, 1.807) is 0 Å². The predicted molar refractivity (Wildman–Crippen MR) is 52.8 cm³/mol. The topological polar surface area (TPSA) is 39.2 Å². The fourth-order valence-corrected chi connectivity index (χ4v) is 1.46. The summed E-state index contributed by atoms with van der Waals surface area (Å²) in [7, 11) is 0. The molecule has 0 N–H and O–H groups in total. The normalized spacial score (nSPS) is 10.6. The van der Waals surface area contributed by atoms with Gasteiger partial charge in [0.1, 0.15) is 11.3 Å². The Labute approximate surface area is 97.8 Å². The fraction of sp³-hybridized carbons (Fsp3) is 0.333. The molecule has 0 amide bonds. The van der Waals surface area contributed by atoms with E-state index in [1.807, 2.05) is 0 Å². The molecule has 0 saturated heterocycles. The highest BCUT2D eigenvalue weighted by Gasteiger charge is 2.25. The van der Waals surface area contributed by atoms with Crippen LogP contribution < -0.4 is 0 Å². The molecule has 0 aliphatic rings. The number of hydrogen-bond donors (Lipinski definition) is 0. The lowest BCUT2D eigenvalue weighted by Crippen LogP contribution is -2.11. The van der Waals surface area contributed by atoms with Crippen LogP contribution in [0.1, 0.15) is 29.4 Å². The molecular formula is C9H7BrF3NO2. The van der Waals surface area contributed by atoms with Crippen LogP contribution in [0, 0.1) is 5.82 Å². The Morgan fingerprint density at radius 1 is 1.62 bits per heavy atom. The molecule has 0 aliphatic heterocycles. The molecule has 0 unspecified atom stereocenters. The molecule has 88 valence electrons. The lowest BCUT2D eigenvalue weighted by atomic mass is 10.2. The molecule has 7 heteroatoms. The number of esters is 1. The van der Waals surface area contributed by atoms with Gasteiger partial charge in [-0.05, 0) is 22.9 Å². The van der Waals surface area contributed by atoms with E-state index in [9.17, 15) is 18.0 Å². The van der Waals surface area contributed by atoms with E-state index in [2.05, 4.69) is 25.7 Å². The van der Waals surface area contributed by atoms with Crippen LogP contribution in [-0.4, -0.2) is 17.6 Å². The second-order valence-corrected chi connectivity index (χ2v) is 3.56. The number of pyridine rings is 1. The summed E-state index contributed by atoms with van der Waals surface area (Å²) in [6.07, 6.45) is -2.14. The first-order chi connectivity index (χ1) is 7.49. The summed E-state index contributed by atoms with van der Waals surface area (Å²) in [6.45, 7) is 1.55. The average Bonchev–Trinajstić information content (AvgIpc) is 2.17. The van der Waals surface area contributed by atoms with Gasteiger partial charge in [-0.2, -0.15) is 0 Å². The Kier molecular flexibility index (Phi) is 4.28. The molecular weight excluding hydrogens is 291 g/mol. The summed E-state index contributed by atoms with van der Waals surface area (Å²) in [5.74, 6) is -2.36. The van der Waals surface area contributed by atoms with Crippen molar-refractivity contribution < 1.29 is 22.7 Å². The van der Waals surface area contributed by atoms with Crippen molar-refractivity contribution in [3.8, 4) is 0 Å². The molecule has 1 aromatic rings. The minimum atomic E-state index is -3.08. The van der Waals surface area contributed by atoms with Crippen LogP contribution >= 0.6 is 15.9 Å². The number of carbonyl (C=O) groups excluding carboxylic acids is 1. The third-order valence-corrected chi connectivity index (χ3v) is 2.29. The highest BCUT2D eigenvalue weighted by molar-refractivity contribution is 9.10. The number of carbonyl (C=O) groups is 1. The van der Waals surface area contributed by atoms with Gasteiger partial charge in [-0.3, -0.25) is 4.98 Å². The molecule has 0 saturated carbocycles. The smallest absolute Gasteiger partial charge is 0.342 e. The van der Waals surface area contributed by atoms with Gasteiger partial charge in [0, 0.05) is 6.20 Å². The molecule has 3 nitrogen and oxygen atoms in total. The largest absolute Gasteiger partial charge is 0.462 e. The van der Waals surface area contributed by atoms with Crippen LogP contribution in [-0.2, 0) is 4.74 Å². The van der Waals surface area contributed by atoms with Crippen molar-refractivity contribution in [1.29, 1.82) is 0 Å². The third-order valence-electron chi connectivity index (χ3n) is 1.69. The Morgan fingerprint density at radius 2 is 2.25 bits per heavy atom. The number of ether oxygens (including phenoxy) is 1. The molecule has 1 heterocycles. The summed E-state index contributed by atoms with van der Waals surface area (Å²) < 4.78 is 42.6. The Hall–Kier alpha value is -1.11. The van der Waals surface area contributed by atoms with Gasteiger partial charge in [0.15, 0.2) is 5.82 Å². The fourth-order valence-electron chi connectivity index (χ4n) is 1.02. The van der Waals surface area contributed by atoms with Crippen molar-refractivity contribution in [1.82, 2.24) is 4.98 Å². The van der Waals surface area contributed by atoms with Gasteiger partial charge in [-0.15, -0.1) is 0 Å². The van der Waals surface area contributed by atoms with Crippen molar-refractivity contribution in [2.24, 2.45) is 0 Å². The molecule has 16 heavy (non-hydrogen) atoms. The van der Waals surface area contributed by atoms with E-state index in [0.717, 1.165) is 6.20 Å². The van der Waals surface area contributed by atoms with E-state index in [0.29, 0.717) is 0 Å². The first-order valence-electron chi connectivity index (χ1n) is 4.28. The molecule has 0 spiro atoms. The van der Waals surface area contributed by atoms with Crippen LogP contribution in [0.2, 0.25) is 0 Å². The summed E-state index contributed by atoms with van der Waals surface area (Å²) in [4.78, 5) is 14.5. The summed E-state index contributed by atoms with van der Waals surface area (Å²) in [6, 6.07) is 0. The van der Waals surface area contributed by atoms with Gasteiger partial charge in [0.2, 0.25) is 0 Å². The van der Waals surface area contributed by atoms with Gasteiger partial charge < -0.3 is 4.74 Å². The second kappa shape index (κ2) is 5.29. The Morgan fingerprint density at radius 3 is 2.75 bits per heavy atom. The zero-order valence-electron chi connectivity index (χ0n) is 8.14. The lowest BCUT2D eigenvalue weighted by Gasteiger charge is -2.08. The second-order valence-electron chi connectivity index (χ2n) is 2.70. The SMILES string of the molecule is CCOC(=O)c1c(Br)cnc(C(F)F)c1F. The van der Waals surface area contributed by atoms with Crippen LogP contribution in [0.4, 0.5) is 13.2 Å². The van der Waals surface area contributed by atoms with Crippen molar-refractivity contribution >= 4 is 21.9 Å².